The number of aryl methyl sites for hydroxylation is 1. The van der Waals surface area contributed by atoms with Gasteiger partial charge in [0.05, 0.1) is 0 Å². The molecule has 0 bridgehead atoms. The highest BCUT2D eigenvalue weighted by Gasteiger charge is 2.38. The van der Waals surface area contributed by atoms with Crippen molar-refractivity contribution >= 4 is 5.95 Å². The van der Waals surface area contributed by atoms with Crippen molar-refractivity contribution in [1.29, 1.82) is 0 Å². The van der Waals surface area contributed by atoms with E-state index in [-0.39, 0.29) is 0 Å². The Bertz CT molecular complexity index is 468. The summed E-state index contributed by atoms with van der Waals surface area (Å²) in [5, 5.41) is 0. The fourth-order valence-electron chi connectivity index (χ4n) is 3.79. The van der Waals surface area contributed by atoms with Gasteiger partial charge in [-0.25, -0.2) is 9.97 Å². The zero-order chi connectivity index (χ0) is 13.5. The minimum Gasteiger partial charge on any atom is -0.340 e. The molecule has 0 aromatic carbocycles. The Hall–Kier alpha value is -1.16. The second-order valence-electron chi connectivity index (χ2n) is 6.98. The molecule has 1 saturated carbocycles. The average Bonchev–Trinajstić information content (AvgIpc) is 3.16. The van der Waals surface area contributed by atoms with E-state index in [9.17, 15) is 0 Å². The number of hydrogen-bond donors (Lipinski definition) is 0. The smallest absolute Gasteiger partial charge is 0.225 e. The van der Waals surface area contributed by atoms with Crippen molar-refractivity contribution in [2.75, 3.05) is 37.6 Å². The van der Waals surface area contributed by atoms with Crippen molar-refractivity contribution in [3.8, 4) is 0 Å². The topological polar surface area (TPSA) is 32.3 Å². The largest absolute Gasteiger partial charge is 0.340 e. The van der Waals surface area contributed by atoms with Crippen LogP contribution in [0.5, 0.6) is 0 Å². The normalized spacial score (nSPS) is 30.6. The van der Waals surface area contributed by atoms with E-state index in [2.05, 4.69) is 19.8 Å². The highest BCUT2D eigenvalue weighted by Crippen LogP contribution is 2.35. The van der Waals surface area contributed by atoms with E-state index < -0.39 is 0 Å². The van der Waals surface area contributed by atoms with Crippen LogP contribution in [0.4, 0.5) is 5.95 Å². The van der Waals surface area contributed by atoms with Crippen molar-refractivity contribution < 1.29 is 0 Å². The van der Waals surface area contributed by atoms with Gasteiger partial charge in [-0.1, -0.05) is 0 Å². The number of anilines is 1. The average molecular weight is 272 g/mol. The molecule has 3 fully saturated rings. The second kappa shape index (κ2) is 4.99. The van der Waals surface area contributed by atoms with Gasteiger partial charge in [-0.2, -0.15) is 0 Å². The van der Waals surface area contributed by atoms with E-state index in [0.717, 1.165) is 42.4 Å². The van der Waals surface area contributed by atoms with Crippen LogP contribution in [0.15, 0.2) is 12.4 Å². The molecule has 1 aliphatic carbocycles. The van der Waals surface area contributed by atoms with Crippen LogP contribution in [0.2, 0.25) is 0 Å². The molecule has 0 unspecified atom stereocenters. The van der Waals surface area contributed by atoms with Gasteiger partial charge in [-0.3, -0.25) is 0 Å². The first-order valence-corrected chi connectivity index (χ1v) is 8.04. The highest BCUT2D eigenvalue weighted by atomic mass is 15.3. The Morgan fingerprint density at radius 1 is 1.05 bits per heavy atom. The summed E-state index contributed by atoms with van der Waals surface area (Å²) in [7, 11) is 0. The maximum Gasteiger partial charge on any atom is 0.225 e. The molecule has 1 aromatic heterocycles. The highest BCUT2D eigenvalue weighted by molar-refractivity contribution is 5.32. The minimum atomic E-state index is 0.826. The number of rotatable bonds is 3. The van der Waals surface area contributed by atoms with Crippen LogP contribution in [0.25, 0.3) is 0 Å². The molecule has 4 rings (SSSR count). The van der Waals surface area contributed by atoms with Crippen LogP contribution in [0, 0.1) is 24.7 Å². The van der Waals surface area contributed by atoms with Crippen LogP contribution < -0.4 is 4.90 Å². The van der Waals surface area contributed by atoms with E-state index in [1.54, 1.807) is 0 Å². The number of nitrogens with zero attached hydrogens (tertiary/aromatic N) is 4. The third-order valence-corrected chi connectivity index (χ3v) is 5.15. The van der Waals surface area contributed by atoms with Crippen molar-refractivity contribution in [3.05, 3.63) is 18.0 Å². The number of aromatic nitrogens is 2. The zero-order valence-electron chi connectivity index (χ0n) is 12.3. The van der Waals surface area contributed by atoms with Gasteiger partial charge in [0.15, 0.2) is 0 Å². The van der Waals surface area contributed by atoms with Gasteiger partial charge >= 0.3 is 0 Å². The van der Waals surface area contributed by atoms with E-state index in [1.165, 1.54) is 38.9 Å². The summed E-state index contributed by atoms with van der Waals surface area (Å²) < 4.78 is 0. The molecule has 0 amide bonds. The fraction of sp³-hybridized carbons (Fsp3) is 0.750. The van der Waals surface area contributed by atoms with Crippen LogP contribution in [0.3, 0.4) is 0 Å². The minimum absolute atomic E-state index is 0.826. The molecular formula is C16H24N4. The molecule has 0 spiro atoms. The lowest BCUT2D eigenvalue weighted by molar-refractivity contribution is 0.143. The van der Waals surface area contributed by atoms with Gasteiger partial charge < -0.3 is 9.80 Å². The van der Waals surface area contributed by atoms with Gasteiger partial charge in [0.1, 0.15) is 0 Å². The maximum absolute atomic E-state index is 4.50. The van der Waals surface area contributed by atoms with Gasteiger partial charge in [0.2, 0.25) is 5.95 Å². The lowest BCUT2D eigenvalue weighted by Crippen LogP contribution is -2.40. The van der Waals surface area contributed by atoms with Gasteiger partial charge in [-0.05, 0) is 56.0 Å². The predicted molar refractivity (Wildman–Crippen MR) is 79.7 cm³/mol. The lowest BCUT2D eigenvalue weighted by atomic mass is 9.88. The Balaban J connectivity index is 1.40. The Kier molecular flexibility index (Phi) is 3.14. The van der Waals surface area contributed by atoms with Crippen molar-refractivity contribution in [3.63, 3.8) is 0 Å². The summed E-state index contributed by atoms with van der Waals surface area (Å²) in [5.74, 6) is 3.63. The summed E-state index contributed by atoms with van der Waals surface area (Å²) >= 11 is 0. The number of fused-ring (bicyclic) bond motifs is 1. The number of likely N-dealkylation sites (tertiary alicyclic amines) is 1. The van der Waals surface area contributed by atoms with Crippen molar-refractivity contribution in [2.45, 2.75) is 26.2 Å². The summed E-state index contributed by atoms with van der Waals surface area (Å²) in [6, 6.07) is 0. The Morgan fingerprint density at radius 3 is 2.55 bits per heavy atom. The Morgan fingerprint density at radius 2 is 1.80 bits per heavy atom. The predicted octanol–water partition coefficient (Wildman–Crippen LogP) is 1.95. The molecule has 3 aliphatic rings. The quantitative estimate of drug-likeness (QED) is 0.842. The molecule has 2 saturated heterocycles. The maximum atomic E-state index is 4.50. The molecule has 2 atom stereocenters. The summed E-state index contributed by atoms with van der Waals surface area (Å²) in [4.78, 5) is 14.1. The first-order chi connectivity index (χ1) is 9.78. The molecule has 3 heterocycles. The second-order valence-corrected chi connectivity index (χ2v) is 6.98. The molecule has 0 N–H and O–H groups in total. The van der Waals surface area contributed by atoms with E-state index in [4.69, 9.17) is 0 Å². The van der Waals surface area contributed by atoms with E-state index in [0.29, 0.717) is 0 Å². The van der Waals surface area contributed by atoms with Gasteiger partial charge in [0, 0.05) is 38.6 Å². The molecule has 2 aliphatic heterocycles. The fourth-order valence-corrected chi connectivity index (χ4v) is 3.79. The standard InChI is InChI=1S/C16H24N4/c1-12-6-17-16(18-7-12)20-10-14-4-5-19(8-13-2-3-13)9-15(14)11-20/h6-7,13-15H,2-5,8-11H2,1H3/t14-,15+/m1/s1. The summed E-state index contributed by atoms with van der Waals surface area (Å²) in [5.41, 5.74) is 1.14. The number of hydrogen-bond acceptors (Lipinski definition) is 4. The van der Waals surface area contributed by atoms with E-state index in [1.807, 2.05) is 19.3 Å². The third-order valence-electron chi connectivity index (χ3n) is 5.15. The van der Waals surface area contributed by atoms with Crippen LogP contribution >= 0.6 is 0 Å². The first-order valence-electron chi connectivity index (χ1n) is 8.04. The molecular weight excluding hydrogens is 248 g/mol. The molecule has 20 heavy (non-hydrogen) atoms. The van der Waals surface area contributed by atoms with Crippen LogP contribution in [-0.2, 0) is 0 Å². The molecule has 1 aromatic rings. The Labute approximate surface area is 121 Å². The van der Waals surface area contributed by atoms with E-state index >= 15 is 0 Å². The zero-order valence-corrected chi connectivity index (χ0v) is 12.3. The summed E-state index contributed by atoms with van der Waals surface area (Å²) in [6.45, 7) is 8.30. The molecule has 108 valence electrons. The monoisotopic (exact) mass is 272 g/mol. The lowest BCUT2D eigenvalue weighted by Gasteiger charge is -2.34. The third kappa shape index (κ3) is 2.53. The van der Waals surface area contributed by atoms with Gasteiger partial charge in [-0.15, -0.1) is 0 Å². The summed E-state index contributed by atoms with van der Waals surface area (Å²) in [6.07, 6.45) is 8.16. The van der Waals surface area contributed by atoms with Gasteiger partial charge in [0.25, 0.3) is 0 Å². The van der Waals surface area contributed by atoms with Crippen LogP contribution in [0.1, 0.15) is 24.8 Å². The van der Waals surface area contributed by atoms with Crippen molar-refractivity contribution in [2.24, 2.45) is 17.8 Å². The van der Waals surface area contributed by atoms with Crippen molar-refractivity contribution in [1.82, 2.24) is 14.9 Å². The number of piperidine rings is 1. The molecule has 4 nitrogen and oxygen atoms in total. The SMILES string of the molecule is Cc1cnc(N2C[C@H]3CCN(CC4CC4)C[C@H]3C2)nc1. The first kappa shape index (κ1) is 12.6. The molecule has 0 radical (unpaired) electrons. The van der Waals surface area contributed by atoms with Crippen LogP contribution in [-0.4, -0.2) is 47.6 Å². The molecule has 4 heteroatoms.